The van der Waals surface area contributed by atoms with E-state index < -0.39 is 5.72 Å². The second-order valence-corrected chi connectivity index (χ2v) is 5.94. The fourth-order valence-electron chi connectivity index (χ4n) is 3.15. The quantitative estimate of drug-likeness (QED) is 0.796. The third-order valence-corrected chi connectivity index (χ3v) is 4.39. The second-order valence-electron chi connectivity index (χ2n) is 5.94. The molecule has 1 amide bonds. The molecule has 3 aromatic carbocycles. The highest BCUT2D eigenvalue weighted by molar-refractivity contribution is 5.99. The average molecular weight is 331 g/mol. The lowest BCUT2D eigenvalue weighted by Gasteiger charge is -2.33. The molecule has 0 spiro atoms. The lowest BCUT2D eigenvalue weighted by Crippen LogP contribution is -2.44. The van der Waals surface area contributed by atoms with Crippen molar-refractivity contribution in [3.05, 3.63) is 107 Å². The molecule has 1 aliphatic rings. The number of hydroxylamine groups is 2. The zero-order chi connectivity index (χ0) is 17.3. The summed E-state index contributed by atoms with van der Waals surface area (Å²) in [5.74, 6) is -0.349. The van der Waals surface area contributed by atoms with Crippen molar-refractivity contribution in [3.8, 4) is 0 Å². The normalized spacial score (nSPS) is 19.1. The van der Waals surface area contributed by atoms with Crippen molar-refractivity contribution in [2.45, 2.75) is 12.3 Å². The highest BCUT2D eigenvalue weighted by Gasteiger charge is 2.51. The smallest absolute Gasteiger partial charge is 0.281 e. The van der Waals surface area contributed by atoms with Crippen molar-refractivity contribution in [3.63, 3.8) is 0 Å². The minimum absolute atomic E-state index is 0.190. The van der Waals surface area contributed by atoms with Crippen LogP contribution < -0.4 is 0 Å². The first-order valence-electron chi connectivity index (χ1n) is 8.10. The number of fused-ring (bicyclic) bond motifs is 1. The summed E-state index contributed by atoms with van der Waals surface area (Å²) in [7, 11) is 0. The molecule has 4 heteroatoms. The number of hydrogen-bond acceptors (Lipinski definition) is 3. The van der Waals surface area contributed by atoms with E-state index in [-0.39, 0.29) is 12.5 Å². The van der Waals surface area contributed by atoms with Gasteiger partial charge in [-0.1, -0.05) is 78.9 Å². The molecule has 1 N–H and O–H groups in total. The Morgan fingerprint density at radius 3 is 2.16 bits per heavy atom. The maximum Gasteiger partial charge on any atom is 0.281 e. The van der Waals surface area contributed by atoms with Crippen molar-refractivity contribution >= 4 is 5.91 Å². The Kier molecular flexibility index (Phi) is 3.84. The maximum atomic E-state index is 12.8. The van der Waals surface area contributed by atoms with E-state index in [9.17, 15) is 9.90 Å². The number of amides is 1. The summed E-state index contributed by atoms with van der Waals surface area (Å²) >= 11 is 0. The molecule has 1 heterocycles. The van der Waals surface area contributed by atoms with Crippen LogP contribution in [0.25, 0.3) is 0 Å². The molecule has 1 aliphatic heterocycles. The highest BCUT2D eigenvalue weighted by atomic mass is 16.7. The SMILES string of the molecule is O=C1c2ccccc2C(O)(c2ccccc2)N1OCc1ccccc1. The molecule has 124 valence electrons. The van der Waals surface area contributed by atoms with Crippen molar-refractivity contribution in [2.24, 2.45) is 0 Å². The first-order valence-corrected chi connectivity index (χ1v) is 8.10. The maximum absolute atomic E-state index is 12.8. The molecule has 0 saturated heterocycles. The van der Waals surface area contributed by atoms with E-state index in [1.54, 1.807) is 36.4 Å². The van der Waals surface area contributed by atoms with Crippen LogP contribution >= 0.6 is 0 Å². The minimum Gasteiger partial charge on any atom is -0.361 e. The minimum atomic E-state index is -1.65. The van der Waals surface area contributed by atoms with Gasteiger partial charge in [0.25, 0.3) is 5.91 Å². The third kappa shape index (κ3) is 2.52. The van der Waals surface area contributed by atoms with Crippen LogP contribution in [0.1, 0.15) is 27.0 Å². The highest BCUT2D eigenvalue weighted by Crippen LogP contribution is 2.42. The zero-order valence-electron chi connectivity index (χ0n) is 13.5. The fraction of sp³-hybridized carbons (Fsp3) is 0.0952. The van der Waals surface area contributed by atoms with Gasteiger partial charge < -0.3 is 5.11 Å². The molecule has 0 bridgehead atoms. The predicted octanol–water partition coefficient (Wildman–Crippen LogP) is 3.47. The number of hydrogen-bond donors (Lipinski definition) is 1. The van der Waals surface area contributed by atoms with E-state index in [0.717, 1.165) is 10.6 Å². The Bertz CT molecular complexity index is 895. The molecule has 1 unspecified atom stereocenters. The Morgan fingerprint density at radius 1 is 0.840 bits per heavy atom. The van der Waals surface area contributed by atoms with Crippen molar-refractivity contribution < 1.29 is 14.7 Å². The van der Waals surface area contributed by atoms with Gasteiger partial charge in [-0.15, -0.1) is 0 Å². The predicted molar refractivity (Wildman–Crippen MR) is 93.3 cm³/mol. The Hall–Kier alpha value is -2.95. The third-order valence-electron chi connectivity index (χ3n) is 4.39. The van der Waals surface area contributed by atoms with Crippen LogP contribution in [0.2, 0.25) is 0 Å². The van der Waals surface area contributed by atoms with E-state index in [0.29, 0.717) is 16.7 Å². The lowest BCUT2D eigenvalue weighted by atomic mass is 9.94. The van der Waals surface area contributed by atoms with Crippen LogP contribution in [0.3, 0.4) is 0 Å². The van der Waals surface area contributed by atoms with Crippen LogP contribution in [0, 0.1) is 0 Å². The topological polar surface area (TPSA) is 49.8 Å². The molecule has 4 nitrogen and oxygen atoms in total. The van der Waals surface area contributed by atoms with Crippen LogP contribution in [-0.4, -0.2) is 16.1 Å². The van der Waals surface area contributed by atoms with E-state index in [4.69, 9.17) is 4.84 Å². The van der Waals surface area contributed by atoms with Crippen LogP contribution in [0.5, 0.6) is 0 Å². The van der Waals surface area contributed by atoms with Crippen LogP contribution in [0.4, 0.5) is 0 Å². The van der Waals surface area contributed by atoms with Gasteiger partial charge in [-0.05, 0) is 11.6 Å². The molecule has 0 aromatic heterocycles. The first kappa shape index (κ1) is 15.6. The Balaban J connectivity index is 1.75. The molecule has 25 heavy (non-hydrogen) atoms. The van der Waals surface area contributed by atoms with Gasteiger partial charge in [0, 0.05) is 11.1 Å². The van der Waals surface area contributed by atoms with Gasteiger partial charge in [-0.25, -0.2) is 0 Å². The van der Waals surface area contributed by atoms with Gasteiger partial charge in [-0.2, -0.15) is 5.06 Å². The molecular formula is C21H17NO3. The number of carbonyl (C=O) groups is 1. The summed E-state index contributed by atoms with van der Waals surface area (Å²) in [5, 5.41) is 12.6. The molecule has 0 aliphatic carbocycles. The first-order chi connectivity index (χ1) is 12.2. The summed E-state index contributed by atoms with van der Waals surface area (Å²) in [4.78, 5) is 18.6. The Morgan fingerprint density at radius 2 is 1.44 bits per heavy atom. The van der Waals surface area contributed by atoms with Gasteiger partial charge in [-0.3, -0.25) is 9.63 Å². The van der Waals surface area contributed by atoms with E-state index in [2.05, 4.69) is 0 Å². The second kappa shape index (κ2) is 6.16. The number of rotatable bonds is 4. The standard InChI is InChI=1S/C21H17NO3/c23-20-18-13-7-8-14-19(18)21(24,17-11-5-2-6-12-17)22(20)25-15-16-9-3-1-4-10-16/h1-14,24H,15H2. The molecule has 0 saturated carbocycles. The van der Waals surface area contributed by atoms with Crippen molar-refractivity contribution in [1.29, 1.82) is 0 Å². The monoisotopic (exact) mass is 331 g/mol. The molecule has 0 fully saturated rings. The number of aliphatic hydroxyl groups is 1. The Labute approximate surface area is 145 Å². The van der Waals surface area contributed by atoms with E-state index in [1.807, 2.05) is 48.5 Å². The van der Waals surface area contributed by atoms with Gasteiger partial charge in [0.1, 0.15) is 6.61 Å². The van der Waals surface area contributed by atoms with Gasteiger partial charge in [0.15, 0.2) is 0 Å². The van der Waals surface area contributed by atoms with Crippen LogP contribution in [0.15, 0.2) is 84.9 Å². The largest absolute Gasteiger partial charge is 0.361 e. The molecule has 0 radical (unpaired) electrons. The summed E-state index contributed by atoms with van der Waals surface area (Å²) in [6.07, 6.45) is 0. The number of benzene rings is 3. The summed E-state index contributed by atoms with van der Waals surface area (Å²) < 4.78 is 0. The van der Waals surface area contributed by atoms with Gasteiger partial charge >= 0.3 is 0 Å². The van der Waals surface area contributed by atoms with E-state index >= 15 is 0 Å². The summed E-state index contributed by atoms with van der Waals surface area (Å²) in [5.41, 5.74) is 0.827. The molecular weight excluding hydrogens is 314 g/mol. The number of nitrogens with zero attached hydrogens (tertiary/aromatic N) is 1. The summed E-state index contributed by atoms with van der Waals surface area (Å²) in [6, 6.07) is 25.7. The molecule has 1 atom stereocenters. The van der Waals surface area contributed by atoms with Crippen LogP contribution in [-0.2, 0) is 17.2 Å². The van der Waals surface area contributed by atoms with Crippen molar-refractivity contribution in [2.75, 3.05) is 0 Å². The van der Waals surface area contributed by atoms with Crippen molar-refractivity contribution in [1.82, 2.24) is 5.06 Å². The average Bonchev–Trinajstić information content (AvgIpc) is 2.90. The molecule has 3 aromatic rings. The van der Waals surface area contributed by atoms with E-state index in [1.165, 1.54) is 0 Å². The lowest BCUT2D eigenvalue weighted by molar-refractivity contribution is -0.246. The zero-order valence-corrected chi connectivity index (χ0v) is 13.5. The van der Waals surface area contributed by atoms with Gasteiger partial charge in [0.2, 0.25) is 5.72 Å². The molecule has 4 rings (SSSR count). The fourth-order valence-corrected chi connectivity index (χ4v) is 3.15. The summed E-state index contributed by atoms with van der Waals surface area (Å²) in [6.45, 7) is 0.190. The number of carbonyl (C=O) groups excluding carboxylic acids is 1. The van der Waals surface area contributed by atoms with Gasteiger partial charge in [0.05, 0.1) is 5.56 Å².